The molecule has 128 valence electrons. The van der Waals surface area contributed by atoms with E-state index in [0.29, 0.717) is 10.7 Å². The zero-order chi connectivity index (χ0) is 16.9. The molecule has 0 aliphatic carbocycles. The number of halogens is 1. The van der Waals surface area contributed by atoms with Crippen molar-refractivity contribution in [3.8, 4) is 0 Å². The van der Waals surface area contributed by atoms with Gasteiger partial charge in [0, 0.05) is 31.2 Å². The molecule has 0 radical (unpaired) electrons. The summed E-state index contributed by atoms with van der Waals surface area (Å²) in [6, 6.07) is 7.62. The molecule has 0 saturated carbocycles. The Kier molecular flexibility index (Phi) is 5.63. The highest BCUT2D eigenvalue weighted by Gasteiger charge is 2.25. The molecule has 3 rings (SSSR count). The average molecular weight is 349 g/mol. The molecule has 1 aliphatic heterocycles. The summed E-state index contributed by atoms with van der Waals surface area (Å²) in [6.07, 6.45) is 3.30. The van der Waals surface area contributed by atoms with Gasteiger partial charge >= 0.3 is 0 Å². The first-order valence-corrected chi connectivity index (χ1v) is 8.36. The highest BCUT2D eigenvalue weighted by molar-refractivity contribution is 6.30. The summed E-state index contributed by atoms with van der Waals surface area (Å²) in [5.41, 5.74) is 1.64. The molecule has 0 spiro atoms. The van der Waals surface area contributed by atoms with Crippen LogP contribution in [0, 0.1) is 0 Å². The zero-order valence-corrected chi connectivity index (χ0v) is 14.1. The van der Waals surface area contributed by atoms with Gasteiger partial charge in [0.2, 0.25) is 0 Å². The van der Waals surface area contributed by atoms with Crippen molar-refractivity contribution in [3.63, 3.8) is 0 Å². The molecule has 1 fully saturated rings. The van der Waals surface area contributed by atoms with E-state index in [1.807, 2.05) is 24.3 Å². The second-order valence-electron chi connectivity index (χ2n) is 5.80. The van der Waals surface area contributed by atoms with Crippen LogP contribution in [0.3, 0.4) is 0 Å². The van der Waals surface area contributed by atoms with Crippen LogP contribution in [0.1, 0.15) is 17.3 Å². The van der Waals surface area contributed by atoms with Crippen molar-refractivity contribution >= 4 is 17.4 Å². The van der Waals surface area contributed by atoms with Gasteiger partial charge in [-0.15, -0.1) is 0 Å². The minimum Gasteiger partial charge on any atom is -0.394 e. The lowest BCUT2D eigenvalue weighted by atomic mass is 10.1. The molecule has 0 amide bonds. The molecule has 1 saturated heterocycles. The van der Waals surface area contributed by atoms with Crippen LogP contribution in [-0.2, 0) is 6.61 Å². The van der Waals surface area contributed by atoms with Gasteiger partial charge in [0.05, 0.1) is 37.3 Å². The van der Waals surface area contributed by atoms with Gasteiger partial charge in [-0.05, 0) is 17.7 Å². The monoisotopic (exact) mass is 348 g/mol. The Balaban J connectivity index is 1.63. The Bertz CT molecular complexity index is 643. The summed E-state index contributed by atoms with van der Waals surface area (Å²) in [7, 11) is 0. The van der Waals surface area contributed by atoms with Crippen molar-refractivity contribution in [1.29, 1.82) is 0 Å². The highest BCUT2D eigenvalue weighted by Crippen LogP contribution is 2.24. The molecular weight excluding hydrogens is 328 g/mol. The first-order valence-electron chi connectivity index (χ1n) is 7.98. The summed E-state index contributed by atoms with van der Waals surface area (Å²) in [5, 5.41) is 19.5. The van der Waals surface area contributed by atoms with E-state index in [9.17, 15) is 5.11 Å². The second-order valence-corrected chi connectivity index (χ2v) is 6.23. The van der Waals surface area contributed by atoms with Crippen LogP contribution in [0.4, 0.5) is 5.82 Å². The second kappa shape index (κ2) is 7.90. The number of hydrogen-bond donors (Lipinski definition) is 2. The predicted octanol–water partition coefficient (Wildman–Crippen LogP) is 1.48. The minimum absolute atomic E-state index is 0.0211. The van der Waals surface area contributed by atoms with Gasteiger partial charge in [-0.3, -0.25) is 9.88 Å². The van der Waals surface area contributed by atoms with Gasteiger partial charge in [0.1, 0.15) is 5.82 Å². The number of aliphatic hydroxyl groups is 2. The van der Waals surface area contributed by atoms with Gasteiger partial charge in [-0.2, -0.15) is 0 Å². The maximum atomic E-state index is 9.81. The Morgan fingerprint density at radius 1 is 1.00 bits per heavy atom. The minimum atomic E-state index is -0.0969. The number of aliphatic hydroxyl groups excluding tert-OH is 2. The number of piperazine rings is 1. The summed E-state index contributed by atoms with van der Waals surface area (Å²) < 4.78 is 0. The van der Waals surface area contributed by atoms with E-state index in [2.05, 4.69) is 19.8 Å². The Morgan fingerprint density at radius 3 is 2.25 bits per heavy atom. The third kappa shape index (κ3) is 3.84. The van der Waals surface area contributed by atoms with Crippen LogP contribution in [0.15, 0.2) is 36.7 Å². The van der Waals surface area contributed by atoms with E-state index in [4.69, 9.17) is 16.7 Å². The number of aromatic nitrogens is 2. The summed E-state index contributed by atoms with van der Waals surface area (Å²) in [6.45, 7) is 3.27. The van der Waals surface area contributed by atoms with E-state index in [0.717, 1.165) is 37.6 Å². The quantitative estimate of drug-likeness (QED) is 0.852. The van der Waals surface area contributed by atoms with Crippen LogP contribution >= 0.6 is 11.6 Å². The van der Waals surface area contributed by atoms with Crippen LogP contribution in [0.2, 0.25) is 5.02 Å². The Morgan fingerprint density at radius 2 is 1.71 bits per heavy atom. The highest BCUT2D eigenvalue weighted by atomic mass is 35.5. The van der Waals surface area contributed by atoms with Gasteiger partial charge < -0.3 is 15.1 Å². The van der Waals surface area contributed by atoms with E-state index in [1.54, 1.807) is 12.4 Å². The zero-order valence-electron chi connectivity index (χ0n) is 13.3. The molecule has 1 unspecified atom stereocenters. The van der Waals surface area contributed by atoms with Crippen molar-refractivity contribution < 1.29 is 10.2 Å². The Labute approximate surface area is 146 Å². The predicted molar refractivity (Wildman–Crippen MR) is 93.0 cm³/mol. The summed E-state index contributed by atoms with van der Waals surface area (Å²) >= 11 is 5.94. The van der Waals surface area contributed by atoms with Crippen molar-refractivity contribution in [1.82, 2.24) is 14.9 Å². The molecule has 2 N–H and O–H groups in total. The number of benzene rings is 1. The van der Waals surface area contributed by atoms with Gasteiger partial charge in [-0.25, -0.2) is 4.98 Å². The molecule has 6 nitrogen and oxygen atoms in total. The summed E-state index contributed by atoms with van der Waals surface area (Å²) in [4.78, 5) is 13.0. The maximum absolute atomic E-state index is 9.81. The fourth-order valence-corrected chi connectivity index (χ4v) is 3.10. The van der Waals surface area contributed by atoms with E-state index >= 15 is 0 Å². The van der Waals surface area contributed by atoms with Crippen molar-refractivity contribution in [2.75, 3.05) is 37.7 Å². The average Bonchev–Trinajstić information content (AvgIpc) is 2.64. The molecule has 1 aromatic heterocycles. The van der Waals surface area contributed by atoms with E-state index in [1.165, 1.54) is 0 Å². The molecule has 1 aromatic carbocycles. The number of hydrogen-bond acceptors (Lipinski definition) is 6. The first-order chi connectivity index (χ1) is 11.7. The molecule has 0 bridgehead atoms. The van der Waals surface area contributed by atoms with Crippen LogP contribution in [0.25, 0.3) is 0 Å². The summed E-state index contributed by atoms with van der Waals surface area (Å²) in [5.74, 6) is 0.818. The van der Waals surface area contributed by atoms with Gasteiger partial charge in [0.15, 0.2) is 0 Å². The lowest BCUT2D eigenvalue weighted by molar-refractivity contribution is 0.117. The van der Waals surface area contributed by atoms with E-state index in [-0.39, 0.29) is 19.3 Å². The van der Waals surface area contributed by atoms with Gasteiger partial charge in [-0.1, -0.05) is 23.7 Å². The lowest BCUT2D eigenvalue weighted by Crippen LogP contribution is -2.48. The smallest absolute Gasteiger partial charge is 0.147 e. The van der Waals surface area contributed by atoms with Crippen LogP contribution in [-0.4, -0.2) is 57.9 Å². The van der Waals surface area contributed by atoms with Crippen molar-refractivity contribution in [3.05, 3.63) is 52.9 Å². The third-order valence-corrected chi connectivity index (χ3v) is 4.61. The molecule has 24 heavy (non-hydrogen) atoms. The molecule has 2 heterocycles. The molecular formula is C17H21ClN4O2. The molecule has 7 heteroatoms. The molecule has 1 atom stereocenters. The normalized spacial score (nSPS) is 17.0. The number of rotatable bonds is 5. The van der Waals surface area contributed by atoms with Gasteiger partial charge in [0.25, 0.3) is 0 Å². The first kappa shape index (κ1) is 17.1. The SMILES string of the molecule is OCc1cnc(N2CCN(C(CO)c3ccc(Cl)cc3)CC2)cn1. The molecule has 1 aliphatic rings. The van der Waals surface area contributed by atoms with Crippen molar-refractivity contribution in [2.24, 2.45) is 0 Å². The van der Waals surface area contributed by atoms with Crippen LogP contribution < -0.4 is 4.90 Å². The fraction of sp³-hybridized carbons (Fsp3) is 0.412. The topological polar surface area (TPSA) is 72.7 Å². The largest absolute Gasteiger partial charge is 0.394 e. The standard InChI is InChI=1S/C17H21ClN4O2/c18-14-3-1-13(2-4-14)16(12-24)21-5-7-22(8-6-21)17-10-19-15(11-23)9-20-17/h1-4,9-10,16,23-24H,5-8,11-12H2. The lowest BCUT2D eigenvalue weighted by Gasteiger charge is -2.39. The molecule has 2 aromatic rings. The fourth-order valence-electron chi connectivity index (χ4n) is 2.97. The maximum Gasteiger partial charge on any atom is 0.147 e. The van der Waals surface area contributed by atoms with Crippen molar-refractivity contribution in [2.45, 2.75) is 12.6 Å². The van der Waals surface area contributed by atoms with E-state index < -0.39 is 0 Å². The van der Waals surface area contributed by atoms with Crippen LogP contribution in [0.5, 0.6) is 0 Å². The number of nitrogens with zero attached hydrogens (tertiary/aromatic N) is 4. The number of anilines is 1. The third-order valence-electron chi connectivity index (χ3n) is 4.36. The Hall–Kier alpha value is -1.73.